The van der Waals surface area contributed by atoms with Crippen molar-refractivity contribution in [2.24, 2.45) is 0 Å². The van der Waals surface area contributed by atoms with Crippen molar-refractivity contribution in [3.63, 3.8) is 0 Å². The minimum Gasteiger partial charge on any atom is -0.450 e. The van der Waals surface area contributed by atoms with Crippen molar-refractivity contribution in [3.05, 3.63) is 62.1 Å². The number of benzene rings is 2. The summed E-state index contributed by atoms with van der Waals surface area (Å²) in [6, 6.07) is 8.64. The SMILES string of the molecule is O=[N+]([O-])c1ccc(Cl)cc1Oc1ccc(CO)c(Cl)c1. The number of aliphatic hydroxyl groups excluding tert-OH is 1. The molecule has 0 amide bonds. The Morgan fingerprint density at radius 2 is 1.95 bits per heavy atom. The van der Waals surface area contributed by atoms with Gasteiger partial charge in [-0.25, -0.2) is 0 Å². The van der Waals surface area contributed by atoms with Crippen LogP contribution in [0.15, 0.2) is 36.4 Å². The van der Waals surface area contributed by atoms with Crippen LogP contribution in [-0.2, 0) is 6.61 Å². The number of hydrogen-bond donors (Lipinski definition) is 1. The lowest BCUT2D eigenvalue weighted by Crippen LogP contribution is -1.94. The highest BCUT2D eigenvalue weighted by molar-refractivity contribution is 6.31. The van der Waals surface area contributed by atoms with Gasteiger partial charge in [0.1, 0.15) is 5.75 Å². The van der Waals surface area contributed by atoms with E-state index in [0.717, 1.165) is 0 Å². The van der Waals surface area contributed by atoms with Crippen LogP contribution in [0.25, 0.3) is 0 Å². The molecule has 0 bridgehead atoms. The van der Waals surface area contributed by atoms with Crippen LogP contribution < -0.4 is 4.74 Å². The summed E-state index contributed by atoms with van der Waals surface area (Å²) in [7, 11) is 0. The van der Waals surface area contributed by atoms with Crippen molar-refractivity contribution in [3.8, 4) is 11.5 Å². The van der Waals surface area contributed by atoms with Gasteiger partial charge >= 0.3 is 5.69 Å². The van der Waals surface area contributed by atoms with Gasteiger partial charge in [0, 0.05) is 22.2 Å². The summed E-state index contributed by atoms with van der Waals surface area (Å²) in [6.07, 6.45) is 0. The molecule has 0 heterocycles. The Bertz CT molecular complexity index is 661. The number of nitro benzene ring substituents is 1. The molecule has 0 unspecified atom stereocenters. The van der Waals surface area contributed by atoms with Crippen LogP contribution in [-0.4, -0.2) is 10.0 Å². The van der Waals surface area contributed by atoms with Crippen LogP contribution in [0, 0.1) is 10.1 Å². The zero-order chi connectivity index (χ0) is 14.7. The maximum atomic E-state index is 10.9. The molecule has 20 heavy (non-hydrogen) atoms. The van der Waals surface area contributed by atoms with E-state index in [2.05, 4.69) is 0 Å². The number of nitro groups is 1. The van der Waals surface area contributed by atoms with Crippen molar-refractivity contribution >= 4 is 28.9 Å². The molecule has 7 heteroatoms. The van der Waals surface area contributed by atoms with Gasteiger partial charge < -0.3 is 9.84 Å². The first-order chi connectivity index (χ1) is 9.51. The topological polar surface area (TPSA) is 72.6 Å². The summed E-state index contributed by atoms with van der Waals surface area (Å²) in [4.78, 5) is 10.4. The molecule has 2 aromatic rings. The maximum absolute atomic E-state index is 10.9. The van der Waals surface area contributed by atoms with E-state index in [1.54, 1.807) is 12.1 Å². The monoisotopic (exact) mass is 313 g/mol. The molecule has 0 spiro atoms. The summed E-state index contributed by atoms with van der Waals surface area (Å²) in [5, 5.41) is 20.6. The lowest BCUT2D eigenvalue weighted by molar-refractivity contribution is -0.385. The van der Waals surface area contributed by atoms with Crippen molar-refractivity contribution in [1.82, 2.24) is 0 Å². The molecule has 0 aliphatic heterocycles. The van der Waals surface area contributed by atoms with E-state index in [-0.39, 0.29) is 18.0 Å². The molecular weight excluding hydrogens is 305 g/mol. The fourth-order valence-corrected chi connectivity index (χ4v) is 1.96. The molecule has 0 saturated carbocycles. The first kappa shape index (κ1) is 14.6. The standard InChI is InChI=1S/C13H9Cl2NO4/c14-9-2-4-12(16(18)19)13(5-9)20-10-3-1-8(7-17)11(15)6-10/h1-6,17H,7H2. The van der Waals surface area contributed by atoms with Crippen LogP contribution in [0.4, 0.5) is 5.69 Å². The molecule has 0 aromatic heterocycles. The highest BCUT2D eigenvalue weighted by Gasteiger charge is 2.16. The third-order valence-electron chi connectivity index (χ3n) is 2.54. The first-order valence-corrected chi connectivity index (χ1v) is 6.28. The van der Waals surface area contributed by atoms with Crippen LogP contribution >= 0.6 is 23.2 Å². The number of halogens is 2. The summed E-state index contributed by atoms with van der Waals surface area (Å²) in [5.41, 5.74) is 0.344. The van der Waals surface area contributed by atoms with Gasteiger partial charge in [0.15, 0.2) is 0 Å². The number of hydrogen-bond acceptors (Lipinski definition) is 4. The minimum absolute atomic E-state index is 0.0234. The third-order valence-corrected chi connectivity index (χ3v) is 3.13. The smallest absolute Gasteiger partial charge is 0.311 e. The van der Waals surface area contributed by atoms with Gasteiger partial charge in [0.05, 0.1) is 11.5 Å². The normalized spacial score (nSPS) is 10.3. The Labute approximate surface area is 124 Å². The number of ether oxygens (including phenoxy) is 1. The van der Waals surface area contributed by atoms with E-state index in [1.165, 1.54) is 24.3 Å². The van der Waals surface area contributed by atoms with Gasteiger partial charge in [0.2, 0.25) is 5.75 Å². The number of nitrogens with zero attached hydrogens (tertiary/aromatic N) is 1. The Hall–Kier alpha value is -1.82. The molecule has 1 N–H and O–H groups in total. The second kappa shape index (κ2) is 6.09. The highest BCUT2D eigenvalue weighted by Crippen LogP contribution is 2.34. The van der Waals surface area contributed by atoms with Gasteiger partial charge in [-0.15, -0.1) is 0 Å². The Morgan fingerprint density at radius 3 is 2.55 bits per heavy atom. The summed E-state index contributed by atoms with van der Waals surface area (Å²) in [5.74, 6) is 0.341. The minimum atomic E-state index is -0.560. The van der Waals surface area contributed by atoms with E-state index in [1.807, 2.05) is 0 Å². The summed E-state index contributed by atoms with van der Waals surface area (Å²) >= 11 is 11.7. The molecule has 0 radical (unpaired) electrons. The van der Waals surface area contributed by atoms with Gasteiger partial charge in [-0.1, -0.05) is 29.3 Å². The van der Waals surface area contributed by atoms with E-state index in [0.29, 0.717) is 21.4 Å². The van der Waals surface area contributed by atoms with E-state index in [9.17, 15) is 10.1 Å². The lowest BCUT2D eigenvalue weighted by Gasteiger charge is -2.08. The van der Waals surface area contributed by atoms with Crippen molar-refractivity contribution < 1.29 is 14.8 Å². The molecule has 2 rings (SSSR count). The molecule has 0 fully saturated rings. The molecule has 5 nitrogen and oxygen atoms in total. The molecule has 0 saturated heterocycles. The Kier molecular flexibility index (Phi) is 4.44. The second-order valence-corrected chi connectivity index (χ2v) is 4.73. The number of aliphatic hydroxyl groups is 1. The van der Waals surface area contributed by atoms with Crippen molar-refractivity contribution in [1.29, 1.82) is 0 Å². The predicted octanol–water partition coefficient (Wildman–Crippen LogP) is 4.19. The molecular formula is C13H9Cl2NO4. The Balaban J connectivity index is 2.36. The maximum Gasteiger partial charge on any atom is 0.311 e. The number of rotatable bonds is 4. The Morgan fingerprint density at radius 1 is 1.20 bits per heavy atom. The van der Waals surface area contributed by atoms with Crippen LogP contribution in [0.1, 0.15) is 5.56 Å². The molecule has 2 aromatic carbocycles. The van der Waals surface area contributed by atoms with Gasteiger partial charge in [-0.3, -0.25) is 10.1 Å². The molecule has 104 valence electrons. The fourth-order valence-electron chi connectivity index (χ4n) is 1.57. The predicted molar refractivity (Wildman–Crippen MR) is 75.6 cm³/mol. The van der Waals surface area contributed by atoms with Crippen LogP contribution in [0.5, 0.6) is 11.5 Å². The summed E-state index contributed by atoms with van der Waals surface area (Å²) in [6.45, 7) is -0.198. The molecule has 0 atom stereocenters. The largest absolute Gasteiger partial charge is 0.450 e. The second-order valence-electron chi connectivity index (χ2n) is 3.88. The zero-order valence-electron chi connectivity index (χ0n) is 10.0. The lowest BCUT2D eigenvalue weighted by atomic mass is 10.2. The van der Waals surface area contributed by atoms with Gasteiger partial charge in [-0.2, -0.15) is 0 Å². The first-order valence-electron chi connectivity index (χ1n) is 5.52. The van der Waals surface area contributed by atoms with E-state index in [4.69, 9.17) is 33.0 Å². The average molecular weight is 314 g/mol. The highest BCUT2D eigenvalue weighted by atomic mass is 35.5. The van der Waals surface area contributed by atoms with Crippen LogP contribution in [0.3, 0.4) is 0 Å². The van der Waals surface area contributed by atoms with E-state index >= 15 is 0 Å². The third kappa shape index (κ3) is 3.19. The molecule has 0 aliphatic carbocycles. The van der Waals surface area contributed by atoms with Crippen molar-refractivity contribution in [2.45, 2.75) is 6.61 Å². The van der Waals surface area contributed by atoms with E-state index < -0.39 is 4.92 Å². The molecule has 0 aliphatic rings. The summed E-state index contributed by atoms with van der Waals surface area (Å²) < 4.78 is 5.44. The van der Waals surface area contributed by atoms with Crippen molar-refractivity contribution in [2.75, 3.05) is 0 Å². The van der Waals surface area contributed by atoms with Gasteiger partial charge in [0.25, 0.3) is 0 Å². The zero-order valence-corrected chi connectivity index (χ0v) is 11.6. The van der Waals surface area contributed by atoms with Crippen LogP contribution in [0.2, 0.25) is 10.0 Å². The van der Waals surface area contributed by atoms with Gasteiger partial charge in [-0.05, 0) is 23.8 Å². The fraction of sp³-hybridized carbons (Fsp3) is 0.0769. The quantitative estimate of drug-likeness (QED) is 0.678. The average Bonchev–Trinajstić information content (AvgIpc) is 2.38.